The topological polar surface area (TPSA) is 68.8 Å². The second-order valence-electron chi connectivity index (χ2n) is 8.38. The number of rotatable bonds is 6. The summed E-state index contributed by atoms with van der Waals surface area (Å²) in [5.74, 6) is 0.399. The molecule has 0 unspecified atom stereocenters. The van der Waals surface area contributed by atoms with Crippen LogP contribution in [0.1, 0.15) is 77.6 Å². The van der Waals surface area contributed by atoms with E-state index in [4.69, 9.17) is 11.3 Å². The zero-order valence-electron chi connectivity index (χ0n) is 18.1. The fourth-order valence-electron chi connectivity index (χ4n) is 4.66. The Labute approximate surface area is 182 Å². The third-order valence-corrected chi connectivity index (χ3v) is 6.52. The lowest BCUT2D eigenvalue weighted by molar-refractivity contribution is 0.0698. The molecule has 2 aromatic heterocycles. The normalized spacial score (nSPS) is 19.0. The second kappa shape index (κ2) is 9.03. The maximum Gasteiger partial charge on any atom is 0.269 e. The van der Waals surface area contributed by atoms with Crippen LogP contribution in [-0.2, 0) is 17.9 Å². The number of aromatic nitrogens is 2. The van der Waals surface area contributed by atoms with Gasteiger partial charge in [-0.15, -0.1) is 4.98 Å². The summed E-state index contributed by atoms with van der Waals surface area (Å²) in [6.45, 7) is 13.4. The zero-order chi connectivity index (χ0) is 22.0. The van der Waals surface area contributed by atoms with Gasteiger partial charge in [0.25, 0.3) is 11.7 Å². The predicted molar refractivity (Wildman–Crippen MR) is 116 cm³/mol. The van der Waals surface area contributed by atoms with Crippen molar-refractivity contribution in [3.8, 4) is 0 Å². The van der Waals surface area contributed by atoms with Crippen molar-refractivity contribution in [1.29, 1.82) is 0 Å². The molecule has 1 saturated heterocycles. The van der Waals surface area contributed by atoms with Crippen LogP contribution in [0.4, 0.5) is 5.82 Å². The number of Topliss-reactive ketones (excluding diaryl/α,β-unsaturated/α-hetero) is 1. The minimum absolute atomic E-state index is 0.00396. The number of hydrogen-bond donors (Lipinski definition) is 0. The van der Waals surface area contributed by atoms with Crippen LogP contribution in [0.5, 0.6) is 0 Å². The molecule has 2 atom stereocenters. The Kier molecular flexibility index (Phi) is 6.19. The van der Waals surface area contributed by atoms with Crippen LogP contribution in [0.3, 0.4) is 0 Å². The number of carbonyl (C=O) groups is 2. The average molecular weight is 421 g/mol. The summed E-state index contributed by atoms with van der Waals surface area (Å²) >= 11 is 0. The number of carbonyl (C=O) groups excluding carboxylic acids is 2. The van der Waals surface area contributed by atoms with Gasteiger partial charge in [0.2, 0.25) is 0 Å². The number of ketones is 1. The quantitative estimate of drug-likeness (QED) is 0.514. The van der Waals surface area contributed by atoms with E-state index < -0.39 is 0 Å². The van der Waals surface area contributed by atoms with E-state index in [1.165, 1.54) is 0 Å². The van der Waals surface area contributed by atoms with E-state index in [9.17, 15) is 9.59 Å². The molecule has 0 bridgehead atoms. The van der Waals surface area contributed by atoms with Gasteiger partial charge < -0.3 is 19.0 Å². The van der Waals surface area contributed by atoms with Crippen molar-refractivity contribution in [2.24, 2.45) is 0 Å². The first-order valence-corrected chi connectivity index (χ1v) is 11.0. The molecule has 31 heavy (non-hydrogen) atoms. The molecule has 0 N–H and O–H groups in total. The molecule has 1 amide bonds. The molecule has 0 saturated carbocycles. The molecule has 7 nitrogen and oxygen atoms in total. The van der Waals surface area contributed by atoms with Crippen LogP contribution in [0.25, 0.3) is 4.85 Å². The Morgan fingerprint density at radius 2 is 2.19 bits per heavy atom. The number of pyridine rings is 1. The van der Waals surface area contributed by atoms with E-state index in [2.05, 4.69) is 16.8 Å². The number of amides is 1. The molecule has 0 aromatic carbocycles. The van der Waals surface area contributed by atoms with Crippen molar-refractivity contribution in [3.63, 3.8) is 0 Å². The monoisotopic (exact) mass is 420 g/mol. The molecule has 4 heterocycles. The van der Waals surface area contributed by atoms with Crippen LogP contribution in [0.2, 0.25) is 0 Å². The zero-order valence-corrected chi connectivity index (χ0v) is 18.1. The van der Waals surface area contributed by atoms with Gasteiger partial charge in [0.15, 0.2) is 5.78 Å². The van der Waals surface area contributed by atoms with E-state index in [-0.39, 0.29) is 23.7 Å². The van der Waals surface area contributed by atoms with Gasteiger partial charge in [-0.3, -0.25) is 9.59 Å². The fraction of sp³-hybridized carbons (Fsp3) is 0.500. The summed E-state index contributed by atoms with van der Waals surface area (Å²) in [6, 6.07) is 5.58. The average Bonchev–Trinajstić information content (AvgIpc) is 3.41. The van der Waals surface area contributed by atoms with Crippen molar-refractivity contribution in [1.82, 2.24) is 14.5 Å². The van der Waals surface area contributed by atoms with E-state index in [0.717, 1.165) is 37.1 Å². The van der Waals surface area contributed by atoms with Crippen LogP contribution in [-0.4, -0.2) is 45.3 Å². The van der Waals surface area contributed by atoms with Gasteiger partial charge in [0.1, 0.15) is 6.20 Å². The summed E-state index contributed by atoms with van der Waals surface area (Å²) in [5.41, 5.74) is 2.97. The Morgan fingerprint density at radius 3 is 2.84 bits per heavy atom. The fourth-order valence-corrected chi connectivity index (χ4v) is 4.66. The highest BCUT2D eigenvalue weighted by atomic mass is 16.5. The third-order valence-electron chi connectivity index (χ3n) is 6.52. The number of likely N-dealkylation sites (tertiary alicyclic amines) is 1. The minimum Gasteiger partial charge on any atom is -0.373 e. The molecular formula is C24H28N4O3. The first kappa shape index (κ1) is 21.3. The van der Waals surface area contributed by atoms with Gasteiger partial charge in [0.05, 0.1) is 30.2 Å². The molecule has 2 aromatic rings. The van der Waals surface area contributed by atoms with Gasteiger partial charge >= 0.3 is 0 Å². The Bertz CT molecular complexity index is 1020. The highest BCUT2D eigenvalue weighted by Gasteiger charge is 2.32. The van der Waals surface area contributed by atoms with Gasteiger partial charge in [-0.25, -0.2) is 0 Å². The van der Waals surface area contributed by atoms with Gasteiger partial charge in [-0.1, -0.05) is 19.6 Å². The molecule has 2 aliphatic rings. The summed E-state index contributed by atoms with van der Waals surface area (Å²) < 4.78 is 7.61. The molecular weight excluding hydrogens is 392 g/mol. The van der Waals surface area contributed by atoms with E-state index >= 15 is 0 Å². The molecule has 0 spiro atoms. The summed E-state index contributed by atoms with van der Waals surface area (Å²) in [6.07, 6.45) is 4.86. The van der Waals surface area contributed by atoms with Crippen molar-refractivity contribution in [3.05, 3.63) is 58.3 Å². The molecule has 4 rings (SSSR count). The second-order valence-corrected chi connectivity index (χ2v) is 8.38. The number of fused-ring (bicyclic) bond motifs is 1. The van der Waals surface area contributed by atoms with Crippen LogP contribution >= 0.6 is 0 Å². The highest BCUT2D eigenvalue weighted by Crippen LogP contribution is 2.30. The maximum absolute atomic E-state index is 13.3. The van der Waals surface area contributed by atoms with Gasteiger partial charge in [-0.2, -0.15) is 0 Å². The van der Waals surface area contributed by atoms with Gasteiger partial charge in [0, 0.05) is 25.6 Å². The van der Waals surface area contributed by atoms with E-state index in [0.29, 0.717) is 43.3 Å². The predicted octanol–water partition coefficient (Wildman–Crippen LogP) is 4.36. The Morgan fingerprint density at radius 1 is 1.35 bits per heavy atom. The first-order chi connectivity index (χ1) is 15.0. The summed E-state index contributed by atoms with van der Waals surface area (Å²) in [7, 11) is 0. The lowest BCUT2D eigenvalue weighted by atomic mass is 9.91. The lowest BCUT2D eigenvalue weighted by Gasteiger charge is -2.23. The van der Waals surface area contributed by atoms with Crippen molar-refractivity contribution in [2.75, 3.05) is 13.2 Å². The maximum atomic E-state index is 13.3. The largest absolute Gasteiger partial charge is 0.373 e. The van der Waals surface area contributed by atoms with E-state index in [1.807, 2.05) is 22.5 Å². The van der Waals surface area contributed by atoms with Crippen LogP contribution in [0.15, 0.2) is 24.4 Å². The highest BCUT2D eigenvalue weighted by molar-refractivity contribution is 6.01. The molecule has 0 radical (unpaired) electrons. The first-order valence-electron chi connectivity index (χ1n) is 11.0. The van der Waals surface area contributed by atoms with Gasteiger partial charge in [-0.05, 0) is 49.8 Å². The molecule has 1 fully saturated rings. The lowest BCUT2D eigenvalue weighted by Crippen LogP contribution is -2.34. The molecule has 7 heteroatoms. The Hall–Kier alpha value is -2.98. The summed E-state index contributed by atoms with van der Waals surface area (Å²) in [5, 5.41) is 0. The molecule has 2 aliphatic heterocycles. The number of ether oxygens (including phenoxy) is 1. The van der Waals surface area contributed by atoms with Crippen molar-refractivity contribution >= 4 is 17.5 Å². The minimum atomic E-state index is 0.00396. The van der Waals surface area contributed by atoms with Crippen LogP contribution < -0.4 is 0 Å². The van der Waals surface area contributed by atoms with E-state index in [1.54, 1.807) is 18.3 Å². The van der Waals surface area contributed by atoms with Crippen LogP contribution in [0, 0.1) is 6.57 Å². The SMILES string of the molecule is [C-]#[N+]c1ccc([C@@H](CC)CC(=O)c2cc(C(=O)N3CCC[C@@H]3C)c3n2CCOC3)cn1. The molecule has 0 aliphatic carbocycles. The van der Waals surface area contributed by atoms with Crippen molar-refractivity contribution in [2.45, 2.75) is 64.6 Å². The van der Waals surface area contributed by atoms with Crippen molar-refractivity contribution < 1.29 is 14.3 Å². The third kappa shape index (κ3) is 4.13. The number of nitrogens with zero attached hydrogens (tertiary/aromatic N) is 4. The molecule has 162 valence electrons. The summed E-state index contributed by atoms with van der Waals surface area (Å²) in [4.78, 5) is 36.0. The Balaban J connectivity index is 1.60. The number of hydrogen-bond acceptors (Lipinski definition) is 4. The smallest absolute Gasteiger partial charge is 0.269 e. The standard InChI is InChI=1S/C24H28N4O3/c1-4-17(18-7-8-23(25-3)26-14-18)12-22(29)20-13-19(21-15-31-11-10-28(20)21)24(30)27-9-5-6-16(27)2/h7-8,13-14,16-17H,4-6,9-12,15H2,1-2H3/t16-,17-/m0/s1.